The van der Waals surface area contributed by atoms with Crippen LogP contribution in [0.15, 0.2) is 6.07 Å². The fourth-order valence-corrected chi connectivity index (χ4v) is 2.28. The molecule has 1 rings (SSSR count). The number of nitrogens with one attached hydrogen (secondary N) is 1. The molecule has 1 N–H and O–H groups in total. The molecule has 3 nitrogen and oxygen atoms in total. The van der Waals surface area contributed by atoms with Crippen molar-refractivity contribution in [3.05, 3.63) is 17.5 Å². The highest BCUT2D eigenvalue weighted by atomic mass is 15.3. The molecule has 0 spiro atoms. The van der Waals surface area contributed by atoms with Crippen molar-refractivity contribution in [1.82, 2.24) is 15.1 Å². The zero-order chi connectivity index (χ0) is 13.6. The first-order valence-electron chi connectivity index (χ1n) is 7.34. The number of nitrogens with zero attached hydrogens (tertiary/aromatic N) is 2. The van der Waals surface area contributed by atoms with Crippen LogP contribution in [0.25, 0.3) is 0 Å². The molecular formula is C15H29N3. The number of hydrogen-bond donors (Lipinski definition) is 1. The van der Waals surface area contributed by atoms with Gasteiger partial charge in [-0.3, -0.25) is 4.68 Å². The first kappa shape index (κ1) is 15.2. The molecule has 0 radical (unpaired) electrons. The molecule has 0 aliphatic carbocycles. The molecule has 0 aliphatic heterocycles. The van der Waals surface area contributed by atoms with E-state index in [0.29, 0.717) is 5.41 Å². The summed E-state index contributed by atoms with van der Waals surface area (Å²) in [5, 5.41) is 8.13. The van der Waals surface area contributed by atoms with Crippen LogP contribution in [0, 0.1) is 5.41 Å². The van der Waals surface area contributed by atoms with Crippen molar-refractivity contribution in [2.75, 3.05) is 13.1 Å². The van der Waals surface area contributed by atoms with Crippen LogP contribution in [0.1, 0.15) is 52.4 Å². The molecule has 3 heteroatoms. The maximum Gasteiger partial charge on any atom is 0.0624 e. The van der Waals surface area contributed by atoms with Gasteiger partial charge in [-0.15, -0.1) is 0 Å². The van der Waals surface area contributed by atoms with Crippen molar-refractivity contribution >= 4 is 0 Å². The molecule has 1 heterocycles. The maximum absolute atomic E-state index is 4.64. The molecule has 18 heavy (non-hydrogen) atoms. The smallest absolute Gasteiger partial charge is 0.0624 e. The van der Waals surface area contributed by atoms with Gasteiger partial charge in [-0.05, 0) is 44.2 Å². The van der Waals surface area contributed by atoms with E-state index in [1.807, 2.05) is 0 Å². The Morgan fingerprint density at radius 3 is 2.50 bits per heavy atom. The standard InChI is InChI=1S/C15H29N3/c1-6-13-10-14(18(9-4)17-13)11-15(5,7-2)12-16-8-3/h10,16H,6-9,11-12H2,1-5H3. The summed E-state index contributed by atoms with van der Waals surface area (Å²) in [6.45, 7) is 14.3. The van der Waals surface area contributed by atoms with E-state index in [0.717, 1.165) is 32.5 Å². The van der Waals surface area contributed by atoms with E-state index in [2.05, 4.69) is 55.8 Å². The van der Waals surface area contributed by atoms with Crippen LogP contribution in [0.3, 0.4) is 0 Å². The third-order valence-electron chi connectivity index (χ3n) is 3.84. The quantitative estimate of drug-likeness (QED) is 0.769. The van der Waals surface area contributed by atoms with Gasteiger partial charge in [0, 0.05) is 18.8 Å². The Bertz CT molecular complexity index is 357. The lowest BCUT2D eigenvalue weighted by Gasteiger charge is -2.28. The summed E-state index contributed by atoms with van der Waals surface area (Å²) < 4.78 is 2.17. The zero-order valence-corrected chi connectivity index (χ0v) is 12.7. The molecule has 1 aromatic heterocycles. The van der Waals surface area contributed by atoms with Crippen LogP contribution in [0.5, 0.6) is 0 Å². The molecule has 1 atom stereocenters. The highest BCUT2D eigenvalue weighted by Gasteiger charge is 2.24. The molecule has 0 aliphatic rings. The van der Waals surface area contributed by atoms with Gasteiger partial charge in [0.15, 0.2) is 0 Å². The van der Waals surface area contributed by atoms with Crippen LogP contribution < -0.4 is 5.32 Å². The summed E-state index contributed by atoms with van der Waals surface area (Å²) in [5.41, 5.74) is 2.93. The van der Waals surface area contributed by atoms with Crippen LogP contribution in [0.4, 0.5) is 0 Å². The fraction of sp³-hybridized carbons (Fsp3) is 0.800. The Labute approximate surface area is 112 Å². The Morgan fingerprint density at radius 2 is 2.00 bits per heavy atom. The predicted octanol–water partition coefficient (Wildman–Crippen LogP) is 3.03. The van der Waals surface area contributed by atoms with Crippen LogP contribution in [-0.4, -0.2) is 22.9 Å². The van der Waals surface area contributed by atoms with E-state index in [4.69, 9.17) is 0 Å². The lowest BCUT2D eigenvalue weighted by Crippen LogP contribution is -2.33. The van der Waals surface area contributed by atoms with Crippen molar-refractivity contribution in [3.8, 4) is 0 Å². The van der Waals surface area contributed by atoms with Gasteiger partial charge in [-0.2, -0.15) is 5.10 Å². The van der Waals surface area contributed by atoms with Crippen molar-refractivity contribution < 1.29 is 0 Å². The second kappa shape index (κ2) is 6.93. The average Bonchev–Trinajstić information content (AvgIpc) is 2.78. The molecule has 0 saturated carbocycles. The second-order valence-electron chi connectivity index (χ2n) is 5.42. The topological polar surface area (TPSA) is 29.9 Å². The van der Waals surface area contributed by atoms with Crippen molar-refractivity contribution in [3.63, 3.8) is 0 Å². The SMILES string of the molecule is CCNCC(C)(CC)Cc1cc(CC)nn1CC. The van der Waals surface area contributed by atoms with Crippen molar-refractivity contribution in [2.24, 2.45) is 5.41 Å². The zero-order valence-electron chi connectivity index (χ0n) is 12.7. The van der Waals surface area contributed by atoms with Gasteiger partial charge >= 0.3 is 0 Å². The van der Waals surface area contributed by atoms with Gasteiger partial charge in [0.2, 0.25) is 0 Å². The lowest BCUT2D eigenvalue weighted by atomic mass is 9.82. The van der Waals surface area contributed by atoms with Gasteiger partial charge in [0.1, 0.15) is 0 Å². The normalized spacial score (nSPS) is 14.7. The molecule has 0 aromatic carbocycles. The Balaban J connectivity index is 2.82. The number of rotatable bonds is 8. The summed E-state index contributed by atoms with van der Waals surface area (Å²) in [5.74, 6) is 0. The second-order valence-corrected chi connectivity index (χ2v) is 5.42. The summed E-state index contributed by atoms with van der Waals surface area (Å²) >= 11 is 0. The third-order valence-corrected chi connectivity index (χ3v) is 3.84. The molecule has 104 valence electrons. The summed E-state index contributed by atoms with van der Waals surface area (Å²) in [6.07, 6.45) is 3.32. The highest BCUT2D eigenvalue weighted by molar-refractivity contribution is 5.12. The maximum atomic E-state index is 4.64. The minimum absolute atomic E-state index is 0.327. The summed E-state index contributed by atoms with van der Waals surface area (Å²) in [4.78, 5) is 0. The Morgan fingerprint density at radius 1 is 1.28 bits per heavy atom. The van der Waals surface area contributed by atoms with Gasteiger partial charge < -0.3 is 5.32 Å². The number of aryl methyl sites for hydroxylation is 2. The van der Waals surface area contributed by atoms with Gasteiger partial charge in [0.05, 0.1) is 5.69 Å². The monoisotopic (exact) mass is 251 g/mol. The molecule has 0 fully saturated rings. The van der Waals surface area contributed by atoms with E-state index >= 15 is 0 Å². The first-order chi connectivity index (χ1) is 8.58. The highest BCUT2D eigenvalue weighted by Crippen LogP contribution is 2.26. The Kier molecular flexibility index (Phi) is 5.86. The van der Waals surface area contributed by atoms with Gasteiger partial charge in [-0.1, -0.05) is 27.7 Å². The van der Waals surface area contributed by atoms with E-state index in [-0.39, 0.29) is 0 Å². The van der Waals surface area contributed by atoms with E-state index in [1.54, 1.807) is 0 Å². The van der Waals surface area contributed by atoms with Crippen molar-refractivity contribution in [2.45, 2.75) is 60.4 Å². The van der Waals surface area contributed by atoms with Crippen LogP contribution >= 0.6 is 0 Å². The van der Waals surface area contributed by atoms with Crippen molar-refractivity contribution in [1.29, 1.82) is 0 Å². The summed E-state index contributed by atoms with van der Waals surface area (Å²) in [7, 11) is 0. The number of hydrogen-bond acceptors (Lipinski definition) is 2. The summed E-state index contributed by atoms with van der Waals surface area (Å²) in [6, 6.07) is 2.28. The Hall–Kier alpha value is -0.830. The molecule has 0 bridgehead atoms. The lowest BCUT2D eigenvalue weighted by molar-refractivity contribution is 0.285. The average molecular weight is 251 g/mol. The minimum Gasteiger partial charge on any atom is -0.316 e. The molecule has 1 aromatic rings. The molecule has 0 saturated heterocycles. The van der Waals surface area contributed by atoms with E-state index in [9.17, 15) is 0 Å². The van der Waals surface area contributed by atoms with Crippen LogP contribution in [0.2, 0.25) is 0 Å². The fourth-order valence-electron chi connectivity index (χ4n) is 2.28. The van der Waals surface area contributed by atoms with Gasteiger partial charge in [0.25, 0.3) is 0 Å². The first-order valence-corrected chi connectivity index (χ1v) is 7.34. The molecule has 0 amide bonds. The largest absolute Gasteiger partial charge is 0.316 e. The third kappa shape index (κ3) is 3.84. The predicted molar refractivity (Wildman–Crippen MR) is 77.9 cm³/mol. The molecule has 1 unspecified atom stereocenters. The van der Waals surface area contributed by atoms with E-state index in [1.165, 1.54) is 17.8 Å². The van der Waals surface area contributed by atoms with E-state index < -0.39 is 0 Å². The minimum atomic E-state index is 0.327. The van der Waals surface area contributed by atoms with Gasteiger partial charge in [-0.25, -0.2) is 0 Å². The number of aromatic nitrogens is 2. The molecular weight excluding hydrogens is 222 g/mol. The van der Waals surface area contributed by atoms with Crippen LogP contribution in [-0.2, 0) is 19.4 Å².